The van der Waals surface area contributed by atoms with Crippen LogP contribution in [-0.4, -0.2) is 35.6 Å². The summed E-state index contributed by atoms with van der Waals surface area (Å²) in [4.78, 5) is 23.2. The number of ether oxygens (including phenoxy) is 1. The number of aryl methyl sites for hydroxylation is 2. The third-order valence-corrected chi connectivity index (χ3v) is 4.61. The summed E-state index contributed by atoms with van der Waals surface area (Å²) in [6.45, 7) is 5.72. The Hall–Kier alpha value is -2.15. The van der Waals surface area contributed by atoms with Crippen molar-refractivity contribution in [2.24, 2.45) is 0 Å². The minimum Gasteiger partial charge on any atom is -0.467 e. The number of anilines is 2. The van der Waals surface area contributed by atoms with Crippen LogP contribution in [0.2, 0.25) is 0 Å². The summed E-state index contributed by atoms with van der Waals surface area (Å²) >= 11 is 3.45. The van der Waals surface area contributed by atoms with E-state index in [1.54, 1.807) is 6.07 Å². The van der Waals surface area contributed by atoms with Gasteiger partial charge in [-0.05, 0) is 60.3 Å². The standard InChI is InChI=1S/C18H21BrN4O2/c1-12-5-6-15(14(19)9-12)21-16(24)11-25-17-10-13(2)20-18(22-17)23-7-3-4-8-23/h5-6,9-10H,3-4,7-8,11H2,1-2H3,(H,21,24). The lowest BCUT2D eigenvalue weighted by Crippen LogP contribution is -2.23. The monoisotopic (exact) mass is 404 g/mol. The molecule has 1 aromatic carbocycles. The Morgan fingerprint density at radius 3 is 2.72 bits per heavy atom. The molecule has 0 unspecified atom stereocenters. The Labute approximate surface area is 155 Å². The molecule has 1 aliphatic heterocycles. The number of nitrogens with one attached hydrogen (secondary N) is 1. The quantitative estimate of drug-likeness (QED) is 0.825. The van der Waals surface area contributed by atoms with Crippen molar-refractivity contribution in [3.63, 3.8) is 0 Å². The lowest BCUT2D eigenvalue weighted by atomic mass is 10.2. The fourth-order valence-corrected chi connectivity index (χ4v) is 3.30. The Morgan fingerprint density at radius 1 is 1.24 bits per heavy atom. The summed E-state index contributed by atoms with van der Waals surface area (Å²) in [6, 6.07) is 7.50. The zero-order valence-corrected chi connectivity index (χ0v) is 16.0. The van der Waals surface area contributed by atoms with E-state index in [0.717, 1.165) is 47.3 Å². The van der Waals surface area contributed by atoms with Crippen LogP contribution in [0.15, 0.2) is 28.7 Å². The average Bonchev–Trinajstić information content (AvgIpc) is 3.10. The SMILES string of the molecule is Cc1ccc(NC(=O)COc2cc(C)nc(N3CCCC3)n2)c(Br)c1. The maximum Gasteiger partial charge on any atom is 0.262 e. The predicted octanol–water partition coefficient (Wildman–Crippen LogP) is 3.47. The topological polar surface area (TPSA) is 67.3 Å². The highest BCUT2D eigenvalue weighted by Gasteiger charge is 2.16. The van der Waals surface area contributed by atoms with Crippen molar-refractivity contribution in [1.29, 1.82) is 0 Å². The maximum absolute atomic E-state index is 12.1. The van der Waals surface area contributed by atoms with Gasteiger partial charge in [-0.3, -0.25) is 4.79 Å². The van der Waals surface area contributed by atoms with E-state index in [9.17, 15) is 4.79 Å². The van der Waals surface area contributed by atoms with Gasteiger partial charge in [-0.2, -0.15) is 4.98 Å². The Kier molecular flexibility index (Phi) is 5.53. The molecule has 1 saturated heterocycles. The van der Waals surface area contributed by atoms with Gasteiger partial charge in [0.05, 0.1) is 5.69 Å². The van der Waals surface area contributed by atoms with Crippen LogP contribution in [0.5, 0.6) is 5.88 Å². The largest absolute Gasteiger partial charge is 0.467 e. The third kappa shape index (κ3) is 4.69. The van der Waals surface area contributed by atoms with Crippen LogP contribution < -0.4 is 15.0 Å². The second kappa shape index (κ2) is 7.82. The molecule has 1 aliphatic rings. The number of carbonyl (C=O) groups excluding carboxylic acids is 1. The molecule has 0 aliphatic carbocycles. The molecule has 1 N–H and O–H groups in total. The summed E-state index contributed by atoms with van der Waals surface area (Å²) in [5, 5.41) is 2.83. The van der Waals surface area contributed by atoms with E-state index in [1.165, 1.54) is 0 Å². The summed E-state index contributed by atoms with van der Waals surface area (Å²) in [7, 11) is 0. The lowest BCUT2D eigenvalue weighted by molar-refractivity contribution is -0.118. The summed E-state index contributed by atoms with van der Waals surface area (Å²) < 4.78 is 6.42. The van der Waals surface area contributed by atoms with Crippen LogP contribution in [0.25, 0.3) is 0 Å². The van der Waals surface area contributed by atoms with Crippen LogP contribution in [0.1, 0.15) is 24.1 Å². The summed E-state index contributed by atoms with van der Waals surface area (Å²) in [5.41, 5.74) is 2.66. The molecule has 1 fully saturated rings. The Bertz CT molecular complexity index is 776. The maximum atomic E-state index is 12.1. The highest BCUT2D eigenvalue weighted by molar-refractivity contribution is 9.10. The fraction of sp³-hybridized carbons (Fsp3) is 0.389. The molecule has 132 valence electrons. The molecule has 2 heterocycles. The van der Waals surface area contributed by atoms with E-state index < -0.39 is 0 Å². The minimum absolute atomic E-state index is 0.101. The van der Waals surface area contributed by atoms with Gasteiger partial charge in [0.15, 0.2) is 6.61 Å². The number of aromatic nitrogens is 2. The molecule has 0 atom stereocenters. The van der Waals surface area contributed by atoms with Crippen molar-refractivity contribution in [2.45, 2.75) is 26.7 Å². The van der Waals surface area contributed by atoms with Gasteiger partial charge in [-0.25, -0.2) is 4.98 Å². The van der Waals surface area contributed by atoms with Crippen LogP contribution in [0.4, 0.5) is 11.6 Å². The summed E-state index contributed by atoms with van der Waals surface area (Å²) in [6.07, 6.45) is 2.31. The Balaban J connectivity index is 1.61. The van der Waals surface area contributed by atoms with Crippen molar-refractivity contribution >= 4 is 33.5 Å². The van der Waals surface area contributed by atoms with E-state index in [1.807, 2.05) is 32.0 Å². The second-order valence-electron chi connectivity index (χ2n) is 6.16. The summed E-state index contributed by atoms with van der Waals surface area (Å²) in [5.74, 6) is 0.866. The van der Waals surface area contributed by atoms with E-state index in [4.69, 9.17) is 4.74 Å². The van der Waals surface area contributed by atoms with Crippen LogP contribution in [-0.2, 0) is 4.79 Å². The molecule has 6 nitrogen and oxygen atoms in total. The molecule has 0 saturated carbocycles. The minimum atomic E-state index is -0.233. The number of hydrogen-bond donors (Lipinski definition) is 1. The first kappa shape index (κ1) is 17.7. The number of rotatable bonds is 5. The van der Waals surface area contributed by atoms with Crippen LogP contribution in [0, 0.1) is 13.8 Å². The van der Waals surface area contributed by atoms with Crippen molar-refractivity contribution in [2.75, 3.05) is 29.9 Å². The predicted molar refractivity (Wildman–Crippen MR) is 101 cm³/mol. The molecule has 0 radical (unpaired) electrons. The highest BCUT2D eigenvalue weighted by atomic mass is 79.9. The van der Waals surface area contributed by atoms with Crippen molar-refractivity contribution < 1.29 is 9.53 Å². The molecule has 7 heteroatoms. The number of hydrogen-bond acceptors (Lipinski definition) is 5. The van der Waals surface area contributed by atoms with E-state index in [-0.39, 0.29) is 12.5 Å². The van der Waals surface area contributed by atoms with Gasteiger partial charge in [-0.1, -0.05) is 6.07 Å². The Morgan fingerprint density at radius 2 is 2.00 bits per heavy atom. The van der Waals surface area contributed by atoms with Gasteiger partial charge in [0.2, 0.25) is 11.8 Å². The molecule has 2 aromatic rings. The molecular formula is C18H21BrN4O2. The molecule has 1 amide bonds. The highest BCUT2D eigenvalue weighted by Crippen LogP contribution is 2.23. The normalized spacial score (nSPS) is 13.8. The van der Waals surface area contributed by atoms with Crippen molar-refractivity contribution in [1.82, 2.24) is 9.97 Å². The van der Waals surface area contributed by atoms with Gasteiger partial charge in [-0.15, -0.1) is 0 Å². The number of amides is 1. The molecule has 1 aromatic heterocycles. The van der Waals surface area contributed by atoms with Crippen molar-refractivity contribution in [3.05, 3.63) is 40.0 Å². The molecule has 3 rings (SSSR count). The third-order valence-electron chi connectivity index (χ3n) is 3.96. The lowest BCUT2D eigenvalue weighted by Gasteiger charge is -2.16. The van der Waals surface area contributed by atoms with Crippen LogP contribution >= 0.6 is 15.9 Å². The smallest absolute Gasteiger partial charge is 0.262 e. The van der Waals surface area contributed by atoms with Gasteiger partial charge < -0.3 is 15.0 Å². The average molecular weight is 405 g/mol. The van der Waals surface area contributed by atoms with Gasteiger partial charge in [0.25, 0.3) is 5.91 Å². The van der Waals surface area contributed by atoms with Crippen LogP contribution in [0.3, 0.4) is 0 Å². The first-order chi connectivity index (χ1) is 12.0. The number of nitrogens with zero attached hydrogens (tertiary/aromatic N) is 3. The number of benzene rings is 1. The van der Waals surface area contributed by atoms with Crippen molar-refractivity contribution in [3.8, 4) is 5.88 Å². The number of carbonyl (C=O) groups is 1. The fourth-order valence-electron chi connectivity index (χ4n) is 2.70. The molecule has 25 heavy (non-hydrogen) atoms. The van der Waals surface area contributed by atoms with E-state index >= 15 is 0 Å². The van der Waals surface area contributed by atoms with Gasteiger partial charge >= 0.3 is 0 Å². The first-order valence-corrected chi connectivity index (χ1v) is 9.10. The van der Waals surface area contributed by atoms with E-state index in [2.05, 4.69) is 36.1 Å². The zero-order chi connectivity index (χ0) is 17.8. The first-order valence-electron chi connectivity index (χ1n) is 8.31. The molecular weight excluding hydrogens is 384 g/mol. The second-order valence-corrected chi connectivity index (χ2v) is 7.02. The van der Waals surface area contributed by atoms with Gasteiger partial charge in [0, 0.05) is 29.3 Å². The van der Waals surface area contributed by atoms with E-state index in [0.29, 0.717) is 11.8 Å². The zero-order valence-electron chi connectivity index (χ0n) is 14.4. The molecule has 0 bridgehead atoms. The number of halogens is 1. The molecule has 0 spiro atoms. The van der Waals surface area contributed by atoms with Gasteiger partial charge in [0.1, 0.15) is 0 Å².